The number of rotatable bonds is 5. The molecular formula is C14H27N5. The molecule has 1 aliphatic heterocycles. The summed E-state index contributed by atoms with van der Waals surface area (Å²) in [6, 6.07) is 0. The second kappa shape index (κ2) is 6.03. The van der Waals surface area contributed by atoms with Crippen molar-refractivity contribution in [2.45, 2.75) is 25.9 Å². The molecule has 0 amide bonds. The standard InChI is InChI=1S/C14H27N5/c1-14(2,19-9-7-17(3)8-10-19)12-15-11-13-16-5-6-18(13)4/h5-6,15H,7-12H2,1-4H3. The number of hydrogen-bond acceptors (Lipinski definition) is 4. The Hall–Kier alpha value is -0.910. The van der Waals surface area contributed by atoms with Crippen LogP contribution in [0.1, 0.15) is 19.7 Å². The van der Waals surface area contributed by atoms with Gasteiger partial charge in [0.25, 0.3) is 0 Å². The van der Waals surface area contributed by atoms with E-state index in [1.165, 1.54) is 13.1 Å². The molecular weight excluding hydrogens is 238 g/mol. The summed E-state index contributed by atoms with van der Waals surface area (Å²) in [7, 11) is 4.24. The molecule has 2 heterocycles. The summed E-state index contributed by atoms with van der Waals surface area (Å²) in [5, 5.41) is 3.54. The highest BCUT2D eigenvalue weighted by atomic mass is 15.3. The van der Waals surface area contributed by atoms with Crippen molar-refractivity contribution in [3.05, 3.63) is 18.2 Å². The molecule has 1 fully saturated rings. The number of imidazole rings is 1. The van der Waals surface area contributed by atoms with Gasteiger partial charge in [-0.3, -0.25) is 4.90 Å². The Labute approximate surface area is 116 Å². The zero-order chi connectivity index (χ0) is 13.9. The molecule has 5 nitrogen and oxygen atoms in total. The molecule has 0 bridgehead atoms. The second-order valence-corrected chi connectivity index (χ2v) is 6.16. The van der Waals surface area contributed by atoms with E-state index < -0.39 is 0 Å². The van der Waals surface area contributed by atoms with E-state index in [2.05, 4.69) is 45.6 Å². The number of aromatic nitrogens is 2. The Morgan fingerprint density at radius 3 is 2.47 bits per heavy atom. The lowest BCUT2D eigenvalue weighted by atomic mass is 10.0. The maximum absolute atomic E-state index is 4.34. The van der Waals surface area contributed by atoms with Gasteiger partial charge in [0.05, 0.1) is 6.54 Å². The molecule has 0 aromatic carbocycles. The summed E-state index contributed by atoms with van der Waals surface area (Å²) in [6.07, 6.45) is 3.84. The van der Waals surface area contributed by atoms with Gasteiger partial charge >= 0.3 is 0 Å². The van der Waals surface area contributed by atoms with Gasteiger partial charge in [-0.1, -0.05) is 0 Å². The fourth-order valence-corrected chi connectivity index (χ4v) is 2.57. The lowest BCUT2D eigenvalue weighted by molar-refractivity contribution is 0.0616. The first-order chi connectivity index (χ1) is 8.99. The molecule has 1 N–H and O–H groups in total. The van der Waals surface area contributed by atoms with Crippen LogP contribution in [0.4, 0.5) is 0 Å². The van der Waals surface area contributed by atoms with E-state index in [0.717, 1.165) is 32.0 Å². The molecule has 0 unspecified atom stereocenters. The fraction of sp³-hybridized carbons (Fsp3) is 0.786. The number of piperazine rings is 1. The predicted octanol–water partition coefficient (Wildman–Crippen LogP) is 0.536. The first-order valence-corrected chi connectivity index (χ1v) is 7.09. The molecule has 5 heteroatoms. The highest BCUT2D eigenvalue weighted by molar-refractivity contribution is 4.92. The lowest BCUT2D eigenvalue weighted by Gasteiger charge is -2.43. The van der Waals surface area contributed by atoms with Gasteiger partial charge in [0, 0.05) is 57.7 Å². The summed E-state index contributed by atoms with van der Waals surface area (Å²) in [5.74, 6) is 1.09. The Morgan fingerprint density at radius 1 is 1.21 bits per heavy atom. The molecule has 108 valence electrons. The molecule has 0 saturated carbocycles. The van der Waals surface area contributed by atoms with Crippen molar-refractivity contribution >= 4 is 0 Å². The van der Waals surface area contributed by atoms with Gasteiger partial charge in [-0.05, 0) is 20.9 Å². The Bertz CT molecular complexity index is 390. The monoisotopic (exact) mass is 265 g/mol. The van der Waals surface area contributed by atoms with Crippen molar-refractivity contribution in [2.24, 2.45) is 7.05 Å². The van der Waals surface area contributed by atoms with Crippen molar-refractivity contribution in [1.82, 2.24) is 24.7 Å². The van der Waals surface area contributed by atoms with Gasteiger partial charge in [0.15, 0.2) is 0 Å². The molecule has 1 aromatic rings. The van der Waals surface area contributed by atoms with E-state index in [1.54, 1.807) is 0 Å². The van der Waals surface area contributed by atoms with Gasteiger partial charge < -0.3 is 14.8 Å². The second-order valence-electron chi connectivity index (χ2n) is 6.16. The van der Waals surface area contributed by atoms with Gasteiger partial charge in [-0.25, -0.2) is 4.98 Å². The third-order valence-corrected chi connectivity index (χ3v) is 4.12. The van der Waals surface area contributed by atoms with Crippen LogP contribution in [-0.4, -0.2) is 64.7 Å². The van der Waals surface area contributed by atoms with Crippen LogP contribution in [0, 0.1) is 0 Å². The average Bonchev–Trinajstić information content (AvgIpc) is 2.75. The number of likely N-dealkylation sites (N-methyl/N-ethyl adjacent to an activating group) is 1. The normalized spacial score (nSPS) is 18.9. The third kappa shape index (κ3) is 3.78. The van der Waals surface area contributed by atoms with E-state index in [9.17, 15) is 0 Å². The molecule has 19 heavy (non-hydrogen) atoms. The molecule has 2 rings (SSSR count). The summed E-state index contributed by atoms with van der Waals surface area (Å²) >= 11 is 0. The minimum Gasteiger partial charge on any atom is -0.337 e. The fourth-order valence-electron chi connectivity index (χ4n) is 2.57. The zero-order valence-corrected chi connectivity index (χ0v) is 12.7. The van der Waals surface area contributed by atoms with Crippen LogP contribution >= 0.6 is 0 Å². The largest absolute Gasteiger partial charge is 0.337 e. The Kier molecular flexibility index (Phi) is 4.60. The smallest absolute Gasteiger partial charge is 0.122 e. The number of hydrogen-bond donors (Lipinski definition) is 1. The maximum Gasteiger partial charge on any atom is 0.122 e. The number of nitrogens with one attached hydrogen (secondary N) is 1. The van der Waals surface area contributed by atoms with E-state index in [1.807, 2.05) is 19.4 Å². The summed E-state index contributed by atoms with van der Waals surface area (Å²) < 4.78 is 2.07. The molecule has 0 aliphatic carbocycles. The first-order valence-electron chi connectivity index (χ1n) is 7.09. The zero-order valence-electron chi connectivity index (χ0n) is 12.7. The van der Waals surface area contributed by atoms with Crippen LogP contribution in [0.2, 0.25) is 0 Å². The van der Waals surface area contributed by atoms with Gasteiger partial charge in [-0.15, -0.1) is 0 Å². The molecule has 1 saturated heterocycles. The van der Waals surface area contributed by atoms with Crippen molar-refractivity contribution in [3.8, 4) is 0 Å². The SMILES string of the molecule is CN1CCN(C(C)(C)CNCc2nccn2C)CC1. The van der Waals surface area contributed by atoms with Gasteiger partial charge in [0.2, 0.25) is 0 Å². The van der Waals surface area contributed by atoms with Crippen molar-refractivity contribution in [1.29, 1.82) is 0 Å². The maximum atomic E-state index is 4.34. The van der Waals surface area contributed by atoms with E-state index in [-0.39, 0.29) is 5.54 Å². The molecule has 1 aliphatic rings. The number of aryl methyl sites for hydroxylation is 1. The van der Waals surface area contributed by atoms with Crippen LogP contribution in [0.5, 0.6) is 0 Å². The molecule has 0 radical (unpaired) electrons. The van der Waals surface area contributed by atoms with Crippen molar-refractivity contribution in [2.75, 3.05) is 39.8 Å². The number of nitrogens with zero attached hydrogens (tertiary/aromatic N) is 4. The van der Waals surface area contributed by atoms with Crippen LogP contribution in [-0.2, 0) is 13.6 Å². The minimum atomic E-state index is 0.201. The predicted molar refractivity (Wildman–Crippen MR) is 78.1 cm³/mol. The summed E-state index contributed by atoms with van der Waals surface area (Å²) in [5.41, 5.74) is 0.201. The third-order valence-electron chi connectivity index (χ3n) is 4.12. The minimum absolute atomic E-state index is 0.201. The Balaban J connectivity index is 1.79. The van der Waals surface area contributed by atoms with Crippen molar-refractivity contribution < 1.29 is 0 Å². The Morgan fingerprint density at radius 2 is 1.89 bits per heavy atom. The first kappa shape index (κ1) is 14.5. The van der Waals surface area contributed by atoms with Crippen LogP contribution in [0.3, 0.4) is 0 Å². The molecule has 1 aromatic heterocycles. The molecule has 0 atom stereocenters. The summed E-state index contributed by atoms with van der Waals surface area (Å²) in [6.45, 7) is 11.1. The summed E-state index contributed by atoms with van der Waals surface area (Å²) in [4.78, 5) is 9.32. The average molecular weight is 265 g/mol. The topological polar surface area (TPSA) is 36.3 Å². The van der Waals surface area contributed by atoms with Crippen molar-refractivity contribution in [3.63, 3.8) is 0 Å². The van der Waals surface area contributed by atoms with Crippen LogP contribution in [0.15, 0.2) is 12.4 Å². The lowest BCUT2D eigenvalue weighted by Crippen LogP contribution is -2.57. The van der Waals surface area contributed by atoms with E-state index in [4.69, 9.17) is 0 Å². The quantitative estimate of drug-likeness (QED) is 0.843. The highest BCUT2D eigenvalue weighted by Gasteiger charge is 2.28. The highest BCUT2D eigenvalue weighted by Crippen LogP contribution is 2.15. The van der Waals surface area contributed by atoms with Gasteiger partial charge in [-0.2, -0.15) is 0 Å². The van der Waals surface area contributed by atoms with Crippen LogP contribution < -0.4 is 5.32 Å². The van der Waals surface area contributed by atoms with Crippen LogP contribution in [0.25, 0.3) is 0 Å². The van der Waals surface area contributed by atoms with E-state index >= 15 is 0 Å². The molecule has 0 spiro atoms. The van der Waals surface area contributed by atoms with Gasteiger partial charge in [0.1, 0.15) is 5.82 Å². The van der Waals surface area contributed by atoms with E-state index in [0.29, 0.717) is 0 Å².